The molecule has 3 aromatic rings. The monoisotopic (exact) mass is 419 g/mol. The maximum atomic E-state index is 13.1. The van der Waals surface area contributed by atoms with Gasteiger partial charge in [-0.3, -0.25) is 14.5 Å². The minimum atomic E-state index is -1.04. The fraction of sp³-hybridized carbons (Fsp3) is 0.167. The van der Waals surface area contributed by atoms with Gasteiger partial charge < -0.3 is 19.4 Å². The van der Waals surface area contributed by atoms with Crippen molar-refractivity contribution in [3.63, 3.8) is 0 Å². The molecular weight excluding hydrogens is 398 g/mol. The van der Waals surface area contributed by atoms with Crippen molar-refractivity contribution >= 4 is 23.1 Å². The number of ketones is 1. The number of benzene rings is 2. The van der Waals surface area contributed by atoms with Gasteiger partial charge in [0.15, 0.2) is 0 Å². The first kappa shape index (κ1) is 20.3. The number of methoxy groups -OCH3 is 1. The van der Waals surface area contributed by atoms with Gasteiger partial charge in [0.2, 0.25) is 0 Å². The Hall–Kier alpha value is -4.00. The van der Waals surface area contributed by atoms with Crippen LogP contribution in [0.1, 0.15) is 28.5 Å². The zero-order valence-electron chi connectivity index (χ0n) is 17.2. The second-order valence-electron chi connectivity index (χ2n) is 7.36. The van der Waals surface area contributed by atoms with Crippen molar-refractivity contribution in [1.29, 1.82) is 0 Å². The summed E-state index contributed by atoms with van der Waals surface area (Å²) in [5, 5.41) is 21.5. The first-order valence-corrected chi connectivity index (χ1v) is 9.62. The first-order chi connectivity index (χ1) is 14.8. The molecule has 2 aromatic carbocycles. The summed E-state index contributed by atoms with van der Waals surface area (Å²) in [5.74, 6) is -1.32. The van der Waals surface area contributed by atoms with Gasteiger partial charge in [-0.2, -0.15) is 0 Å². The highest BCUT2D eigenvalue weighted by Crippen LogP contribution is 2.45. The van der Waals surface area contributed by atoms with E-state index in [4.69, 9.17) is 9.15 Å². The van der Waals surface area contributed by atoms with E-state index < -0.39 is 17.7 Å². The number of rotatable bonds is 4. The zero-order chi connectivity index (χ0) is 22.3. The summed E-state index contributed by atoms with van der Waals surface area (Å²) in [6, 6.07) is 11.9. The van der Waals surface area contributed by atoms with Gasteiger partial charge >= 0.3 is 0 Å². The average Bonchev–Trinajstić information content (AvgIpc) is 3.36. The normalized spacial score (nSPS) is 17.9. The van der Waals surface area contributed by atoms with Gasteiger partial charge in [-0.1, -0.05) is 6.07 Å². The van der Waals surface area contributed by atoms with E-state index in [1.807, 2.05) is 13.8 Å². The smallest absolute Gasteiger partial charge is 0.300 e. The summed E-state index contributed by atoms with van der Waals surface area (Å²) in [7, 11) is 1.54. The summed E-state index contributed by atoms with van der Waals surface area (Å²) >= 11 is 0. The molecule has 0 bridgehead atoms. The molecule has 0 spiro atoms. The van der Waals surface area contributed by atoms with Gasteiger partial charge in [-0.25, -0.2) is 0 Å². The van der Waals surface area contributed by atoms with Gasteiger partial charge in [0.05, 0.1) is 24.6 Å². The van der Waals surface area contributed by atoms with E-state index in [1.54, 1.807) is 49.6 Å². The Morgan fingerprint density at radius 1 is 1.10 bits per heavy atom. The maximum Gasteiger partial charge on any atom is 0.300 e. The third-order valence-electron chi connectivity index (χ3n) is 5.32. The molecule has 0 aliphatic carbocycles. The minimum Gasteiger partial charge on any atom is -0.507 e. The highest BCUT2D eigenvalue weighted by molar-refractivity contribution is 6.51. The zero-order valence-corrected chi connectivity index (χ0v) is 17.2. The lowest BCUT2D eigenvalue weighted by Crippen LogP contribution is -2.29. The van der Waals surface area contributed by atoms with Crippen LogP contribution in [0.5, 0.6) is 11.5 Å². The molecule has 7 heteroatoms. The van der Waals surface area contributed by atoms with Crippen LogP contribution >= 0.6 is 0 Å². The molecule has 1 aliphatic rings. The Kier molecular flexibility index (Phi) is 5.02. The number of hydrogen-bond acceptors (Lipinski definition) is 6. The average molecular weight is 419 g/mol. The summed E-state index contributed by atoms with van der Waals surface area (Å²) in [6.45, 7) is 3.62. The van der Waals surface area contributed by atoms with E-state index >= 15 is 0 Å². The number of Topliss-reactive ketones (excluding diaryl/α,β-unsaturated/α-hetero) is 1. The Morgan fingerprint density at radius 2 is 1.87 bits per heavy atom. The maximum absolute atomic E-state index is 13.1. The molecule has 0 saturated carbocycles. The number of phenolic OH excluding ortho intramolecular Hbond substituents is 1. The first-order valence-electron chi connectivity index (χ1n) is 9.62. The van der Waals surface area contributed by atoms with Gasteiger partial charge in [0.1, 0.15) is 29.1 Å². The second kappa shape index (κ2) is 7.68. The number of furan rings is 1. The predicted octanol–water partition coefficient (Wildman–Crippen LogP) is 4.24. The summed E-state index contributed by atoms with van der Waals surface area (Å²) in [5.41, 5.74) is 1.95. The van der Waals surface area contributed by atoms with E-state index in [9.17, 15) is 19.8 Å². The van der Waals surface area contributed by atoms with Crippen LogP contribution in [0.25, 0.3) is 5.76 Å². The molecular formula is C24H21NO6. The van der Waals surface area contributed by atoms with E-state index in [1.165, 1.54) is 12.3 Å². The Bertz CT molecular complexity index is 1210. The third kappa shape index (κ3) is 3.34. The molecule has 0 radical (unpaired) electrons. The van der Waals surface area contributed by atoms with Crippen LogP contribution in [0.15, 0.2) is 64.8 Å². The Morgan fingerprint density at radius 3 is 2.52 bits per heavy atom. The molecule has 1 unspecified atom stereocenters. The van der Waals surface area contributed by atoms with E-state index in [2.05, 4.69) is 0 Å². The molecule has 1 atom stereocenters. The molecule has 1 amide bonds. The van der Waals surface area contributed by atoms with Gasteiger partial charge in [-0.05, 0) is 67.4 Å². The second-order valence-corrected chi connectivity index (χ2v) is 7.36. The number of amides is 1. The highest BCUT2D eigenvalue weighted by atomic mass is 16.5. The van der Waals surface area contributed by atoms with Crippen molar-refractivity contribution in [2.24, 2.45) is 0 Å². The highest BCUT2D eigenvalue weighted by Gasteiger charge is 2.49. The van der Waals surface area contributed by atoms with Gasteiger partial charge in [0, 0.05) is 5.56 Å². The number of aliphatic hydroxyl groups excluding tert-OH is 1. The van der Waals surface area contributed by atoms with Crippen molar-refractivity contribution in [2.45, 2.75) is 19.9 Å². The number of aliphatic hydroxyl groups is 1. The SMILES string of the molecule is COc1ccc(/C(O)=C2/C(=O)C(=O)N(c3cc(C)ccc3O)C2c2ccco2)cc1C. The number of carbonyl (C=O) groups is 2. The number of phenols is 1. The van der Waals surface area contributed by atoms with Crippen LogP contribution < -0.4 is 9.64 Å². The predicted molar refractivity (Wildman–Crippen MR) is 114 cm³/mol. The fourth-order valence-electron chi connectivity index (χ4n) is 3.80. The van der Waals surface area contributed by atoms with E-state index in [-0.39, 0.29) is 28.5 Å². The van der Waals surface area contributed by atoms with E-state index in [0.717, 1.165) is 16.0 Å². The number of nitrogens with zero attached hydrogens (tertiary/aromatic N) is 1. The number of aromatic hydroxyl groups is 1. The number of carbonyl (C=O) groups excluding carboxylic acids is 2. The molecule has 2 heterocycles. The Labute approximate surface area is 178 Å². The molecule has 1 fully saturated rings. The standard InChI is InChI=1S/C24H21NO6/c1-13-6-8-17(26)16(11-13)25-21(19-5-4-10-31-19)20(23(28)24(25)29)22(27)15-7-9-18(30-3)14(2)12-15/h4-12,21,26-27H,1-3H3/b22-20-. The molecule has 1 aliphatic heterocycles. The van der Waals surface area contributed by atoms with Crippen molar-refractivity contribution in [3.05, 3.63) is 82.8 Å². The number of anilines is 1. The minimum absolute atomic E-state index is 0.120. The van der Waals surface area contributed by atoms with Gasteiger partial charge in [-0.15, -0.1) is 0 Å². The van der Waals surface area contributed by atoms with E-state index in [0.29, 0.717) is 11.3 Å². The molecule has 4 rings (SSSR count). The van der Waals surface area contributed by atoms with Crippen LogP contribution in [0, 0.1) is 13.8 Å². The lowest BCUT2D eigenvalue weighted by molar-refractivity contribution is -0.132. The van der Waals surface area contributed by atoms with Crippen LogP contribution in [0.2, 0.25) is 0 Å². The number of ether oxygens (including phenoxy) is 1. The molecule has 2 N–H and O–H groups in total. The van der Waals surface area contributed by atoms with Crippen molar-refractivity contribution in [3.8, 4) is 11.5 Å². The van der Waals surface area contributed by atoms with Crippen molar-refractivity contribution in [1.82, 2.24) is 0 Å². The van der Waals surface area contributed by atoms with Crippen LogP contribution in [0.3, 0.4) is 0 Å². The molecule has 1 aromatic heterocycles. The van der Waals surface area contributed by atoms with Crippen molar-refractivity contribution < 1.29 is 29.0 Å². The summed E-state index contributed by atoms with van der Waals surface area (Å²) in [4.78, 5) is 27.3. The topological polar surface area (TPSA) is 100 Å². The van der Waals surface area contributed by atoms with Crippen LogP contribution in [-0.4, -0.2) is 29.0 Å². The number of aryl methyl sites for hydroxylation is 2. The Balaban J connectivity index is 1.94. The fourth-order valence-corrected chi connectivity index (χ4v) is 3.80. The quantitative estimate of drug-likeness (QED) is 0.373. The molecule has 1 saturated heterocycles. The van der Waals surface area contributed by atoms with Crippen LogP contribution in [0.4, 0.5) is 5.69 Å². The lowest BCUT2D eigenvalue weighted by atomic mass is 9.98. The molecule has 158 valence electrons. The summed E-state index contributed by atoms with van der Waals surface area (Å²) < 4.78 is 10.8. The van der Waals surface area contributed by atoms with Crippen LogP contribution in [-0.2, 0) is 9.59 Å². The van der Waals surface area contributed by atoms with Gasteiger partial charge in [0.25, 0.3) is 11.7 Å². The largest absolute Gasteiger partial charge is 0.507 e. The third-order valence-corrected chi connectivity index (χ3v) is 5.32. The van der Waals surface area contributed by atoms with Crippen molar-refractivity contribution in [2.75, 3.05) is 12.0 Å². The molecule has 7 nitrogen and oxygen atoms in total. The lowest BCUT2D eigenvalue weighted by Gasteiger charge is -2.24. The molecule has 31 heavy (non-hydrogen) atoms. The summed E-state index contributed by atoms with van der Waals surface area (Å²) in [6.07, 6.45) is 1.42. The number of hydrogen-bond donors (Lipinski definition) is 2.